The maximum atomic E-state index is 11.9. The van der Waals surface area contributed by atoms with Crippen LogP contribution >= 0.6 is 0 Å². The molecule has 0 unspecified atom stereocenters. The van der Waals surface area contributed by atoms with Gasteiger partial charge in [-0.2, -0.15) is 0 Å². The minimum atomic E-state index is -0.320. The highest BCUT2D eigenvalue weighted by Gasteiger charge is 2.07. The quantitative estimate of drug-likeness (QED) is 0.624. The Hall–Kier alpha value is -3.11. The number of hydrogen-bond donors (Lipinski definition) is 1. The summed E-state index contributed by atoms with van der Waals surface area (Å²) in [6.45, 7) is 0.872. The predicted octanol–water partition coefficient (Wildman–Crippen LogP) is 4.06. The molecule has 0 aliphatic heterocycles. The summed E-state index contributed by atoms with van der Waals surface area (Å²) in [5.74, 6) is 0.446. The first-order valence-electron chi connectivity index (χ1n) is 8.52. The largest absolute Gasteiger partial charge is 0.489 e. The minimum absolute atomic E-state index is 0.236. The summed E-state index contributed by atoms with van der Waals surface area (Å²) < 4.78 is 5.90. The average Bonchev–Trinajstić information content (AvgIpc) is 2.69. The third-order valence-electron chi connectivity index (χ3n) is 3.85. The van der Waals surface area contributed by atoms with Crippen LogP contribution in [0.25, 0.3) is 0 Å². The summed E-state index contributed by atoms with van der Waals surface area (Å²) in [4.78, 5) is 17.0. The summed E-state index contributed by atoms with van der Waals surface area (Å²) in [5.41, 5.74) is 5.68. The summed E-state index contributed by atoms with van der Waals surface area (Å²) in [5, 5.41) is 0. The fourth-order valence-electron chi connectivity index (χ4n) is 2.52. The molecule has 0 heterocycles. The van der Waals surface area contributed by atoms with Crippen molar-refractivity contribution in [2.24, 2.45) is 0 Å². The molecule has 1 N–H and O–H groups in total. The van der Waals surface area contributed by atoms with Crippen molar-refractivity contribution >= 4 is 5.97 Å². The van der Waals surface area contributed by atoms with Crippen LogP contribution in [0.4, 0.5) is 0 Å². The van der Waals surface area contributed by atoms with Crippen LogP contribution in [0.15, 0.2) is 84.9 Å². The lowest BCUT2D eigenvalue weighted by Crippen LogP contribution is -2.21. The van der Waals surface area contributed by atoms with Crippen LogP contribution in [0, 0.1) is 0 Å². The number of benzene rings is 3. The molecule has 0 aromatic heterocycles. The second-order valence-corrected chi connectivity index (χ2v) is 5.84. The van der Waals surface area contributed by atoms with Gasteiger partial charge in [-0.3, -0.25) is 4.79 Å². The molecule has 0 aliphatic carbocycles. The zero-order chi connectivity index (χ0) is 18.0. The van der Waals surface area contributed by atoms with Gasteiger partial charge in [0.25, 0.3) is 0 Å². The Labute approximate surface area is 153 Å². The van der Waals surface area contributed by atoms with Crippen molar-refractivity contribution in [2.45, 2.75) is 19.6 Å². The molecule has 0 spiro atoms. The van der Waals surface area contributed by atoms with Crippen molar-refractivity contribution in [3.8, 4) is 5.75 Å². The first-order valence-corrected chi connectivity index (χ1v) is 8.52. The molecule has 4 heteroatoms. The SMILES string of the molecule is O=C(Cc1ccccc1)ONCc1ccccc1OCc1ccccc1. The number of nitrogens with one attached hydrogen (secondary N) is 1. The number of rotatable bonds is 8. The van der Waals surface area contributed by atoms with Gasteiger partial charge < -0.3 is 9.57 Å². The lowest BCUT2D eigenvalue weighted by atomic mass is 10.2. The van der Waals surface area contributed by atoms with Crippen LogP contribution in [0.3, 0.4) is 0 Å². The van der Waals surface area contributed by atoms with Crippen LogP contribution in [-0.4, -0.2) is 5.97 Å². The van der Waals surface area contributed by atoms with Gasteiger partial charge in [-0.1, -0.05) is 78.9 Å². The molecule has 4 nitrogen and oxygen atoms in total. The van der Waals surface area contributed by atoms with E-state index < -0.39 is 0 Å². The van der Waals surface area contributed by atoms with Crippen LogP contribution in [-0.2, 0) is 29.2 Å². The Bertz CT molecular complexity index is 819. The Balaban J connectivity index is 1.49. The zero-order valence-electron chi connectivity index (χ0n) is 14.4. The number of carbonyl (C=O) groups excluding carboxylic acids is 1. The van der Waals surface area contributed by atoms with Gasteiger partial charge in [-0.05, 0) is 17.2 Å². The van der Waals surface area contributed by atoms with Crippen molar-refractivity contribution in [1.29, 1.82) is 0 Å². The first kappa shape index (κ1) is 17.7. The summed E-state index contributed by atoms with van der Waals surface area (Å²) >= 11 is 0. The van der Waals surface area contributed by atoms with Gasteiger partial charge in [-0.15, -0.1) is 5.48 Å². The molecule has 0 atom stereocenters. The molecule has 0 saturated heterocycles. The molecule has 3 aromatic rings. The molecule has 0 amide bonds. The van der Waals surface area contributed by atoms with Crippen molar-refractivity contribution in [2.75, 3.05) is 0 Å². The van der Waals surface area contributed by atoms with Crippen LogP contribution in [0.5, 0.6) is 5.75 Å². The van der Waals surface area contributed by atoms with Crippen LogP contribution in [0.2, 0.25) is 0 Å². The minimum Gasteiger partial charge on any atom is -0.489 e. The van der Waals surface area contributed by atoms with E-state index in [-0.39, 0.29) is 12.4 Å². The normalized spacial score (nSPS) is 10.3. The second-order valence-electron chi connectivity index (χ2n) is 5.84. The number of hydrogen-bond acceptors (Lipinski definition) is 4. The molecule has 132 valence electrons. The highest BCUT2D eigenvalue weighted by molar-refractivity contribution is 5.72. The van der Waals surface area contributed by atoms with Gasteiger partial charge in [0.15, 0.2) is 0 Å². The van der Waals surface area contributed by atoms with E-state index in [0.29, 0.717) is 13.2 Å². The van der Waals surface area contributed by atoms with Crippen LogP contribution < -0.4 is 10.2 Å². The van der Waals surface area contributed by atoms with E-state index in [0.717, 1.165) is 22.4 Å². The Morgan fingerprint density at radius 3 is 2.12 bits per heavy atom. The molecule has 26 heavy (non-hydrogen) atoms. The summed E-state index contributed by atoms with van der Waals surface area (Å²) in [7, 11) is 0. The van der Waals surface area contributed by atoms with Gasteiger partial charge in [0.05, 0.1) is 13.0 Å². The van der Waals surface area contributed by atoms with Crippen molar-refractivity contribution < 1.29 is 14.4 Å². The molecule has 3 rings (SSSR count). The van der Waals surface area contributed by atoms with E-state index in [9.17, 15) is 4.79 Å². The van der Waals surface area contributed by atoms with Gasteiger partial charge in [0, 0.05) is 5.56 Å². The van der Waals surface area contributed by atoms with E-state index >= 15 is 0 Å². The highest BCUT2D eigenvalue weighted by atomic mass is 16.7. The summed E-state index contributed by atoms with van der Waals surface area (Å²) in [6.07, 6.45) is 0.236. The van der Waals surface area contributed by atoms with Gasteiger partial charge in [-0.25, -0.2) is 0 Å². The molecule has 0 radical (unpaired) electrons. The van der Waals surface area contributed by atoms with E-state index in [2.05, 4.69) is 5.48 Å². The number of carbonyl (C=O) groups is 1. The molecular weight excluding hydrogens is 326 g/mol. The molecular formula is C22H21NO3. The monoisotopic (exact) mass is 347 g/mol. The molecule has 0 bridgehead atoms. The Kier molecular flexibility index (Phi) is 6.40. The van der Waals surface area contributed by atoms with E-state index in [4.69, 9.17) is 9.57 Å². The highest BCUT2D eigenvalue weighted by Crippen LogP contribution is 2.19. The van der Waals surface area contributed by atoms with E-state index in [1.807, 2.05) is 84.9 Å². The molecule has 0 aliphatic rings. The lowest BCUT2D eigenvalue weighted by Gasteiger charge is -2.12. The zero-order valence-corrected chi connectivity index (χ0v) is 14.4. The first-order chi connectivity index (χ1) is 12.8. The fraction of sp³-hybridized carbons (Fsp3) is 0.136. The Morgan fingerprint density at radius 1 is 0.769 bits per heavy atom. The fourth-order valence-corrected chi connectivity index (χ4v) is 2.52. The van der Waals surface area contributed by atoms with Crippen molar-refractivity contribution in [3.05, 3.63) is 102 Å². The van der Waals surface area contributed by atoms with Crippen molar-refractivity contribution in [3.63, 3.8) is 0 Å². The van der Waals surface area contributed by atoms with E-state index in [1.165, 1.54) is 0 Å². The number of ether oxygens (including phenoxy) is 1. The maximum Gasteiger partial charge on any atom is 0.329 e. The number of hydroxylamine groups is 1. The molecule has 0 saturated carbocycles. The third kappa shape index (κ3) is 5.46. The van der Waals surface area contributed by atoms with Gasteiger partial charge >= 0.3 is 5.97 Å². The average molecular weight is 347 g/mol. The third-order valence-corrected chi connectivity index (χ3v) is 3.85. The lowest BCUT2D eigenvalue weighted by molar-refractivity contribution is -0.150. The second kappa shape index (κ2) is 9.39. The number of para-hydroxylation sites is 1. The smallest absolute Gasteiger partial charge is 0.329 e. The van der Waals surface area contributed by atoms with Gasteiger partial charge in [0.2, 0.25) is 0 Å². The predicted molar refractivity (Wildman–Crippen MR) is 100 cm³/mol. The van der Waals surface area contributed by atoms with Crippen molar-refractivity contribution in [1.82, 2.24) is 5.48 Å². The van der Waals surface area contributed by atoms with Gasteiger partial charge in [0.1, 0.15) is 12.4 Å². The standard InChI is InChI=1S/C22H21NO3/c24-22(15-18-9-3-1-4-10-18)26-23-16-20-13-7-8-14-21(20)25-17-19-11-5-2-6-12-19/h1-14,23H,15-17H2. The molecule has 3 aromatic carbocycles. The molecule has 0 fully saturated rings. The Morgan fingerprint density at radius 2 is 1.38 bits per heavy atom. The topological polar surface area (TPSA) is 47.6 Å². The van der Waals surface area contributed by atoms with Crippen LogP contribution in [0.1, 0.15) is 16.7 Å². The maximum absolute atomic E-state index is 11.9. The van der Waals surface area contributed by atoms with E-state index in [1.54, 1.807) is 0 Å². The summed E-state index contributed by atoms with van der Waals surface area (Å²) in [6, 6.07) is 27.2.